The van der Waals surface area contributed by atoms with Gasteiger partial charge in [0.25, 0.3) is 0 Å². The van der Waals surface area contributed by atoms with Gasteiger partial charge in [-0.1, -0.05) is 42.7 Å². The van der Waals surface area contributed by atoms with Gasteiger partial charge in [0.1, 0.15) is 0 Å². The second-order valence-electron chi connectivity index (χ2n) is 5.72. The first-order chi connectivity index (χ1) is 10.1. The van der Waals surface area contributed by atoms with E-state index in [-0.39, 0.29) is 18.3 Å². The number of halogens is 1. The van der Waals surface area contributed by atoms with Gasteiger partial charge >= 0.3 is 0 Å². The highest BCUT2D eigenvalue weighted by molar-refractivity contribution is 7.14. The van der Waals surface area contributed by atoms with Crippen molar-refractivity contribution in [1.82, 2.24) is 4.98 Å². The van der Waals surface area contributed by atoms with Crippen LogP contribution < -0.4 is 11.1 Å². The van der Waals surface area contributed by atoms with E-state index in [0.717, 1.165) is 36.9 Å². The number of nitrogens with one attached hydrogen (secondary N) is 1. The molecule has 0 spiro atoms. The molecule has 1 aromatic heterocycles. The molecule has 0 radical (unpaired) electrons. The summed E-state index contributed by atoms with van der Waals surface area (Å²) in [7, 11) is 0. The quantitative estimate of drug-likeness (QED) is 0.896. The van der Waals surface area contributed by atoms with Gasteiger partial charge in [0.2, 0.25) is 5.91 Å². The van der Waals surface area contributed by atoms with Crippen LogP contribution in [0.4, 0.5) is 5.13 Å². The minimum Gasteiger partial charge on any atom is -0.317 e. The average molecular weight is 338 g/mol. The van der Waals surface area contributed by atoms with E-state index in [1.165, 1.54) is 16.9 Å². The van der Waals surface area contributed by atoms with Crippen molar-refractivity contribution in [2.75, 3.05) is 5.32 Å². The summed E-state index contributed by atoms with van der Waals surface area (Å²) in [6, 6.07) is 8.19. The zero-order valence-corrected chi connectivity index (χ0v) is 14.1. The number of hydrogen-bond donors (Lipinski definition) is 2. The van der Waals surface area contributed by atoms with Crippen molar-refractivity contribution in [3.63, 3.8) is 0 Å². The largest absolute Gasteiger partial charge is 0.317 e. The van der Waals surface area contributed by atoms with Gasteiger partial charge in [0.05, 0.1) is 11.2 Å². The number of rotatable bonds is 3. The topological polar surface area (TPSA) is 68.0 Å². The van der Waals surface area contributed by atoms with E-state index in [9.17, 15) is 4.79 Å². The van der Waals surface area contributed by atoms with Crippen molar-refractivity contribution in [3.05, 3.63) is 35.2 Å². The first kappa shape index (κ1) is 16.9. The molecule has 4 nitrogen and oxygen atoms in total. The molecular formula is C16H20ClN3OS. The molecule has 3 rings (SSSR count). The van der Waals surface area contributed by atoms with E-state index in [2.05, 4.69) is 29.4 Å². The van der Waals surface area contributed by atoms with Crippen molar-refractivity contribution in [2.24, 2.45) is 5.73 Å². The highest BCUT2D eigenvalue weighted by Crippen LogP contribution is 2.30. The van der Waals surface area contributed by atoms with Crippen LogP contribution in [0.3, 0.4) is 0 Å². The molecule has 0 saturated heterocycles. The molecule has 1 aromatic carbocycles. The summed E-state index contributed by atoms with van der Waals surface area (Å²) in [5, 5.41) is 5.44. The molecule has 1 amide bonds. The number of thiazole rings is 1. The van der Waals surface area contributed by atoms with E-state index in [4.69, 9.17) is 5.73 Å². The standard InChI is InChI=1S/C16H19N3OS.ClH/c1-11-4-6-12(7-5-11)13-10-21-15(18-13)19-14(20)16(17)8-2-3-9-16;/h4-7,10H,2-3,8-9,17H2,1H3,(H,18,19,20);1H. The maximum atomic E-state index is 12.3. The molecule has 1 heterocycles. The summed E-state index contributed by atoms with van der Waals surface area (Å²) in [4.78, 5) is 16.7. The van der Waals surface area contributed by atoms with Crippen LogP contribution in [0.2, 0.25) is 0 Å². The molecule has 3 N–H and O–H groups in total. The molecule has 1 aliphatic rings. The second-order valence-corrected chi connectivity index (χ2v) is 6.58. The molecule has 1 fully saturated rings. The third kappa shape index (κ3) is 3.48. The smallest absolute Gasteiger partial charge is 0.246 e. The second kappa shape index (κ2) is 6.77. The predicted molar refractivity (Wildman–Crippen MR) is 93.6 cm³/mol. The van der Waals surface area contributed by atoms with Gasteiger partial charge in [0.15, 0.2) is 5.13 Å². The van der Waals surface area contributed by atoms with Crippen molar-refractivity contribution >= 4 is 34.8 Å². The van der Waals surface area contributed by atoms with Gasteiger partial charge in [-0.15, -0.1) is 23.7 Å². The Balaban J connectivity index is 0.00000176. The Bertz CT molecular complexity index is 648. The Morgan fingerprint density at radius 1 is 1.27 bits per heavy atom. The fourth-order valence-corrected chi connectivity index (χ4v) is 3.36. The molecule has 1 aliphatic carbocycles. The minimum absolute atomic E-state index is 0. The number of nitrogens with zero attached hydrogens (tertiary/aromatic N) is 1. The molecule has 0 aliphatic heterocycles. The maximum absolute atomic E-state index is 12.3. The molecule has 6 heteroatoms. The van der Waals surface area contributed by atoms with E-state index in [0.29, 0.717) is 5.13 Å². The number of carbonyl (C=O) groups is 1. The summed E-state index contributed by atoms with van der Waals surface area (Å²) < 4.78 is 0. The van der Waals surface area contributed by atoms with Gasteiger partial charge < -0.3 is 11.1 Å². The summed E-state index contributed by atoms with van der Waals surface area (Å²) in [5.74, 6) is -0.107. The van der Waals surface area contributed by atoms with Gasteiger partial charge in [-0.3, -0.25) is 4.79 Å². The predicted octanol–water partition coefficient (Wildman–Crippen LogP) is 3.75. The molecule has 118 valence electrons. The van der Waals surface area contributed by atoms with Crippen LogP contribution in [-0.4, -0.2) is 16.4 Å². The van der Waals surface area contributed by atoms with Gasteiger partial charge in [-0.05, 0) is 19.8 Å². The molecule has 1 saturated carbocycles. The zero-order chi connectivity index (χ0) is 14.9. The Hall–Kier alpha value is -1.43. The van der Waals surface area contributed by atoms with E-state index in [1.807, 2.05) is 17.5 Å². The number of aromatic nitrogens is 1. The summed E-state index contributed by atoms with van der Waals surface area (Å²) >= 11 is 1.44. The average Bonchev–Trinajstić information content (AvgIpc) is 3.10. The summed E-state index contributed by atoms with van der Waals surface area (Å²) in [6.45, 7) is 2.05. The first-order valence-corrected chi connectivity index (χ1v) is 8.08. The lowest BCUT2D eigenvalue weighted by molar-refractivity contribution is -0.121. The van der Waals surface area contributed by atoms with E-state index < -0.39 is 5.54 Å². The molecular weight excluding hydrogens is 318 g/mol. The van der Waals surface area contributed by atoms with Crippen LogP contribution in [0.1, 0.15) is 31.2 Å². The highest BCUT2D eigenvalue weighted by atomic mass is 35.5. The van der Waals surface area contributed by atoms with Gasteiger partial charge in [0, 0.05) is 10.9 Å². The number of benzene rings is 1. The number of hydrogen-bond acceptors (Lipinski definition) is 4. The maximum Gasteiger partial charge on any atom is 0.246 e. The van der Waals surface area contributed by atoms with Crippen molar-refractivity contribution in [3.8, 4) is 11.3 Å². The minimum atomic E-state index is -0.713. The monoisotopic (exact) mass is 337 g/mol. The number of amides is 1. The molecule has 22 heavy (non-hydrogen) atoms. The number of carbonyl (C=O) groups excluding carboxylic acids is 1. The Morgan fingerprint density at radius 2 is 1.91 bits per heavy atom. The number of aryl methyl sites for hydroxylation is 1. The highest BCUT2D eigenvalue weighted by Gasteiger charge is 2.37. The molecule has 2 aromatic rings. The third-order valence-corrected chi connectivity index (χ3v) is 4.78. The van der Waals surface area contributed by atoms with E-state index in [1.54, 1.807) is 0 Å². The zero-order valence-electron chi connectivity index (χ0n) is 12.5. The Morgan fingerprint density at radius 3 is 2.55 bits per heavy atom. The molecule has 0 atom stereocenters. The molecule has 0 unspecified atom stereocenters. The SMILES string of the molecule is Cc1ccc(-c2csc(NC(=O)C3(N)CCCC3)n2)cc1.Cl. The van der Waals surface area contributed by atoms with Gasteiger partial charge in [-0.2, -0.15) is 0 Å². The van der Waals surface area contributed by atoms with Gasteiger partial charge in [-0.25, -0.2) is 4.98 Å². The fraction of sp³-hybridized carbons (Fsp3) is 0.375. The van der Waals surface area contributed by atoms with Crippen molar-refractivity contribution < 1.29 is 4.79 Å². The number of nitrogens with two attached hydrogens (primary N) is 1. The lowest BCUT2D eigenvalue weighted by Crippen LogP contribution is -2.48. The van der Waals surface area contributed by atoms with Crippen LogP contribution in [-0.2, 0) is 4.79 Å². The first-order valence-electron chi connectivity index (χ1n) is 7.20. The van der Waals surface area contributed by atoms with Crippen LogP contribution in [0.15, 0.2) is 29.6 Å². The van der Waals surface area contributed by atoms with Crippen molar-refractivity contribution in [1.29, 1.82) is 0 Å². The normalized spacial score (nSPS) is 16.1. The lowest BCUT2D eigenvalue weighted by atomic mass is 9.98. The lowest BCUT2D eigenvalue weighted by Gasteiger charge is -2.21. The van der Waals surface area contributed by atoms with Crippen LogP contribution in [0.25, 0.3) is 11.3 Å². The van der Waals surface area contributed by atoms with E-state index >= 15 is 0 Å². The van der Waals surface area contributed by atoms with Crippen LogP contribution in [0, 0.1) is 6.92 Å². The Kier molecular flexibility index (Phi) is 5.21. The summed E-state index contributed by atoms with van der Waals surface area (Å²) in [6.07, 6.45) is 3.57. The van der Waals surface area contributed by atoms with Crippen LogP contribution >= 0.6 is 23.7 Å². The summed E-state index contributed by atoms with van der Waals surface area (Å²) in [5.41, 5.74) is 8.59. The van der Waals surface area contributed by atoms with Crippen LogP contribution in [0.5, 0.6) is 0 Å². The van der Waals surface area contributed by atoms with Crippen molar-refractivity contribution in [2.45, 2.75) is 38.1 Å². The Labute approximate surface area is 140 Å². The fourth-order valence-electron chi connectivity index (χ4n) is 2.64. The third-order valence-electron chi connectivity index (χ3n) is 4.02. The number of anilines is 1. The molecule has 0 bridgehead atoms.